The first-order valence-corrected chi connectivity index (χ1v) is 5.32. The summed E-state index contributed by atoms with van der Waals surface area (Å²) in [5.74, 6) is 0. The van der Waals surface area contributed by atoms with E-state index in [0.29, 0.717) is 6.04 Å². The van der Waals surface area contributed by atoms with Gasteiger partial charge in [-0.3, -0.25) is 5.10 Å². The van der Waals surface area contributed by atoms with Crippen LogP contribution in [-0.2, 0) is 6.42 Å². The van der Waals surface area contributed by atoms with Crippen LogP contribution in [0, 0.1) is 6.92 Å². The van der Waals surface area contributed by atoms with Gasteiger partial charge in [0.2, 0.25) is 0 Å². The van der Waals surface area contributed by atoms with E-state index >= 15 is 0 Å². The molecular formula is C12H17N3. The molecule has 2 aromatic rings. The van der Waals surface area contributed by atoms with Crippen LogP contribution in [0.3, 0.4) is 0 Å². The normalized spacial score (nSPS) is 13.3. The van der Waals surface area contributed by atoms with Gasteiger partial charge in [-0.05, 0) is 32.9 Å². The van der Waals surface area contributed by atoms with Crippen LogP contribution in [0.15, 0.2) is 18.2 Å². The molecule has 2 N–H and O–H groups in total. The standard InChI is InChI=1S/C12H17N3/c1-8(13-3)7-10-5-4-6-11-9(2)14-15-12(10)11/h4-6,8,13H,7H2,1-3H3,(H,14,15). The van der Waals surface area contributed by atoms with Crippen molar-refractivity contribution in [3.63, 3.8) is 0 Å². The van der Waals surface area contributed by atoms with Gasteiger partial charge in [0.1, 0.15) is 0 Å². The number of para-hydroxylation sites is 1. The lowest BCUT2D eigenvalue weighted by Crippen LogP contribution is -2.23. The van der Waals surface area contributed by atoms with Crippen molar-refractivity contribution in [1.29, 1.82) is 0 Å². The Morgan fingerprint density at radius 2 is 2.27 bits per heavy atom. The summed E-state index contributed by atoms with van der Waals surface area (Å²) < 4.78 is 0. The number of nitrogens with one attached hydrogen (secondary N) is 2. The number of aryl methyl sites for hydroxylation is 1. The number of aromatic amines is 1. The molecule has 0 aliphatic carbocycles. The van der Waals surface area contributed by atoms with Crippen LogP contribution in [0.1, 0.15) is 18.2 Å². The second kappa shape index (κ2) is 4.03. The summed E-state index contributed by atoms with van der Waals surface area (Å²) in [4.78, 5) is 0. The zero-order chi connectivity index (χ0) is 10.8. The first-order chi connectivity index (χ1) is 7.22. The minimum Gasteiger partial charge on any atom is -0.317 e. The van der Waals surface area contributed by atoms with Gasteiger partial charge >= 0.3 is 0 Å². The molecule has 3 nitrogen and oxygen atoms in total. The Balaban J connectivity index is 2.43. The molecule has 2 rings (SSSR count). The Bertz CT molecular complexity index is 459. The SMILES string of the molecule is CNC(C)Cc1cccc2c(C)[nH]nc12. The third-order valence-electron chi connectivity index (χ3n) is 2.88. The van der Waals surface area contributed by atoms with Crippen molar-refractivity contribution in [2.45, 2.75) is 26.3 Å². The van der Waals surface area contributed by atoms with Crippen LogP contribution >= 0.6 is 0 Å². The number of aromatic nitrogens is 2. The molecule has 3 heteroatoms. The van der Waals surface area contributed by atoms with Gasteiger partial charge in [-0.25, -0.2) is 0 Å². The van der Waals surface area contributed by atoms with E-state index in [-0.39, 0.29) is 0 Å². The highest BCUT2D eigenvalue weighted by Crippen LogP contribution is 2.20. The Kier molecular flexibility index (Phi) is 2.73. The highest BCUT2D eigenvalue weighted by molar-refractivity contribution is 5.84. The molecule has 1 heterocycles. The Morgan fingerprint density at radius 1 is 1.47 bits per heavy atom. The minimum atomic E-state index is 0.479. The molecule has 0 radical (unpaired) electrons. The molecule has 15 heavy (non-hydrogen) atoms. The van der Waals surface area contributed by atoms with Crippen LogP contribution in [0.2, 0.25) is 0 Å². The zero-order valence-electron chi connectivity index (χ0n) is 9.46. The maximum Gasteiger partial charge on any atom is 0.0956 e. The molecule has 0 saturated heterocycles. The molecule has 0 aliphatic heterocycles. The van der Waals surface area contributed by atoms with Crippen LogP contribution in [0.25, 0.3) is 10.9 Å². The molecule has 0 saturated carbocycles. The summed E-state index contributed by atoms with van der Waals surface area (Å²) in [6, 6.07) is 6.84. The highest BCUT2D eigenvalue weighted by Gasteiger charge is 2.08. The number of nitrogens with zero attached hydrogens (tertiary/aromatic N) is 1. The fourth-order valence-corrected chi connectivity index (χ4v) is 1.82. The van der Waals surface area contributed by atoms with Crippen molar-refractivity contribution in [1.82, 2.24) is 15.5 Å². The largest absolute Gasteiger partial charge is 0.317 e. The van der Waals surface area contributed by atoms with Crippen molar-refractivity contribution in [2.24, 2.45) is 0 Å². The number of hydrogen-bond donors (Lipinski definition) is 2. The van der Waals surface area contributed by atoms with E-state index in [4.69, 9.17) is 0 Å². The topological polar surface area (TPSA) is 40.7 Å². The van der Waals surface area contributed by atoms with Crippen molar-refractivity contribution in [2.75, 3.05) is 7.05 Å². The van der Waals surface area contributed by atoms with Crippen molar-refractivity contribution in [3.05, 3.63) is 29.5 Å². The number of likely N-dealkylation sites (N-methyl/N-ethyl adjacent to an activating group) is 1. The molecule has 0 fully saturated rings. The van der Waals surface area contributed by atoms with Gasteiger partial charge in [-0.1, -0.05) is 18.2 Å². The molecule has 0 spiro atoms. The lowest BCUT2D eigenvalue weighted by atomic mass is 10.0. The van der Waals surface area contributed by atoms with Crippen LogP contribution < -0.4 is 5.32 Å². The van der Waals surface area contributed by atoms with Gasteiger partial charge in [-0.15, -0.1) is 0 Å². The van der Waals surface area contributed by atoms with Gasteiger partial charge < -0.3 is 5.32 Å². The van der Waals surface area contributed by atoms with Crippen molar-refractivity contribution in [3.8, 4) is 0 Å². The summed E-state index contributed by atoms with van der Waals surface area (Å²) in [7, 11) is 1.99. The second-order valence-electron chi connectivity index (χ2n) is 4.06. The molecule has 1 aromatic carbocycles. The molecular weight excluding hydrogens is 186 g/mol. The smallest absolute Gasteiger partial charge is 0.0956 e. The third kappa shape index (κ3) is 1.88. The maximum absolute atomic E-state index is 4.35. The summed E-state index contributed by atoms with van der Waals surface area (Å²) in [6.07, 6.45) is 1.01. The zero-order valence-corrected chi connectivity index (χ0v) is 9.46. The monoisotopic (exact) mass is 203 g/mol. The Morgan fingerprint density at radius 3 is 3.00 bits per heavy atom. The second-order valence-corrected chi connectivity index (χ2v) is 4.06. The van der Waals surface area contributed by atoms with E-state index in [0.717, 1.165) is 17.6 Å². The number of H-pyrrole nitrogens is 1. The minimum absolute atomic E-state index is 0.479. The van der Waals surface area contributed by atoms with E-state index in [9.17, 15) is 0 Å². The number of benzene rings is 1. The van der Waals surface area contributed by atoms with Crippen LogP contribution in [0.4, 0.5) is 0 Å². The summed E-state index contributed by atoms with van der Waals surface area (Å²) in [5, 5.41) is 11.9. The number of fused-ring (bicyclic) bond motifs is 1. The average Bonchev–Trinajstić information content (AvgIpc) is 2.62. The van der Waals surface area contributed by atoms with Gasteiger partial charge in [0.25, 0.3) is 0 Å². The number of hydrogen-bond acceptors (Lipinski definition) is 2. The summed E-state index contributed by atoms with van der Waals surface area (Å²) in [6.45, 7) is 4.24. The number of rotatable bonds is 3. The van der Waals surface area contributed by atoms with E-state index in [1.54, 1.807) is 0 Å². The summed E-state index contributed by atoms with van der Waals surface area (Å²) >= 11 is 0. The van der Waals surface area contributed by atoms with E-state index in [1.807, 2.05) is 7.05 Å². The maximum atomic E-state index is 4.35. The van der Waals surface area contributed by atoms with Gasteiger partial charge in [-0.2, -0.15) is 5.10 Å². The fraction of sp³-hybridized carbons (Fsp3) is 0.417. The Labute approximate surface area is 89.9 Å². The molecule has 80 valence electrons. The van der Waals surface area contributed by atoms with Crippen molar-refractivity contribution >= 4 is 10.9 Å². The molecule has 0 aliphatic rings. The molecule has 1 aromatic heterocycles. The summed E-state index contributed by atoms with van der Waals surface area (Å²) in [5.41, 5.74) is 3.56. The highest BCUT2D eigenvalue weighted by atomic mass is 15.1. The quantitative estimate of drug-likeness (QED) is 0.801. The average molecular weight is 203 g/mol. The van der Waals surface area contributed by atoms with E-state index in [2.05, 4.69) is 47.6 Å². The Hall–Kier alpha value is -1.35. The lowest BCUT2D eigenvalue weighted by molar-refractivity contribution is 0.610. The van der Waals surface area contributed by atoms with Crippen LogP contribution in [-0.4, -0.2) is 23.3 Å². The predicted octanol–water partition coefficient (Wildman–Crippen LogP) is 2.02. The van der Waals surface area contributed by atoms with E-state index in [1.165, 1.54) is 10.9 Å². The fourth-order valence-electron chi connectivity index (χ4n) is 1.82. The first kappa shape index (κ1) is 10.2. The van der Waals surface area contributed by atoms with Gasteiger partial charge in [0.05, 0.1) is 5.52 Å². The van der Waals surface area contributed by atoms with Crippen LogP contribution in [0.5, 0.6) is 0 Å². The molecule has 1 unspecified atom stereocenters. The molecule has 0 amide bonds. The first-order valence-electron chi connectivity index (χ1n) is 5.32. The van der Waals surface area contributed by atoms with Crippen molar-refractivity contribution < 1.29 is 0 Å². The van der Waals surface area contributed by atoms with Gasteiger partial charge in [0.15, 0.2) is 0 Å². The molecule has 0 bridgehead atoms. The predicted molar refractivity (Wildman–Crippen MR) is 63.1 cm³/mol. The molecule has 1 atom stereocenters. The lowest BCUT2D eigenvalue weighted by Gasteiger charge is -2.09. The third-order valence-corrected chi connectivity index (χ3v) is 2.88. The van der Waals surface area contributed by atoms with Gasteiger partial charge in [0, 0.05) is 17.1 Å². The van der Waals surface area contributed by atoms with E-state index < -0.39 is 0 Å².